The molecular formula is C24H31N3O4. The highest BCUT2D eigenvalue weighted by Gasteiger charge is 2.46. The highest BCUT2D eigenvalue weighted by Crippen LogP contribution is 2.36. The smallest absolute Gasteiger partial charge is 0.409 e. The van der Waals surface area contributed by atoms with Crippen LogP contribution in [0.25, 0.3) is 5.57 Å². The summed E-state index contributed by atoms with van der Waals surface area (Å²) in [6.07, 6.45) is 2.88. The number of carbonyl (C=O) groups excluding carboxylic acids is 3. The van der Waals surface area contributed by atoms with E-state index < -0.39 is 0 Å². The first-order chi connectivity index (χ1) is 14.9. The monoisotopic (exact) mass is 425 g/mol. The first-order valence-corrected chi connectivity index (χ1v) is 11.3. The van der Waals surface area contributed by atoms with Crippen LogP contribution in [-0.2, 0) is 14.3 Å². The highest BCUT2D eigenvalue weighted by molar-refractivity contribution is 6.35. The number of likely N-dealkylation sites (tertiary alicyclic amines) is 2. The van der Waals surface area contributed by atoms with Gasteiger partial charge < -0.3 is 14.5 Å². The molecule has 3 amide bonds. The van der Waals surface area contributed by atoms with E-state index in [0.717, 1.165) is 42.6 Å². The second kappa shape index (κ2) is 8.73. The zero-order valence-electron chi connectivity index (χ0n) is 18.6. The number of carbonyl (C=O) groups is 3. The molecule has 3 aliphatic rings. The summed E-state index contributed by atoms with van der Waals surface area (Å²) in [6.45, 7) is 8.77. The minimum absolute atomic E-state index is 0.185. The molecule has 3 heterocycles. The quantitative estimate of drug-likeness (QED) is 0.694. The molecule has 1 aromatic carbocycles. The maximum Gasteiger partial charge on any atom is 0.409 e. The lowest BCUT2D eigenvalue weighted by Gasteiger charge is -2.35. The molecule has 0 unspecified atom stereocenters. The van der Waals surface area contributed by atoms with Gasteiger partial charge >= 0.3 is 6.09 Å². The Morgan fingerprint density at radius 1 is 1.00 bits per heavy atom. The van der Waals surface area contributed by atoms with Crippen molar-refractivity contribution in [1.29, 1.82) is 0 Å². The third-order valence-corrected chi connectivity index (χ3v) is 6.66. The molecule has 0 aromatic heterocycles. The van der Waals surface area contributed by atoms with Crippen molar-refractivity contribution in [3.63, 3.8) is 0 Å². The number of ether oxygens (including phenoxy) is 1. The van der Waals surface area contributed by atoms with Crippen molar-refractivity contribution in [2.24, 2.45) is 0 Å². The second-order valence-corrected chi connectivity index (χ2v) is 8.61. The predicted octanol–water partition coefficient (Wildman–Crippen LogP) is 3.10. The second-order valence-electron chi connectivity index (χ2n) is 8.61. The van der Waals surface area contributed by atoms with Crippen LogP contribution in [0.5, 0.6) is 0 Å². The largest absolute Gasteiger partial charge is 0.450 e. The first-order valence-electron chi connectivity index (χ1n) is 11.3. The third-order valence-electron chi connectivity index (χ3n) is 6.66. The Bertz CT molecular complexity index is 925. The molecule has 0 bridgehead atoms. The lowest BCUT2D eigenvalue weighted by atomic mass is 9.99. The SMILES string of the molecule is CCOC(=O)N1CCC(N2C(=O)C(c3ccc(C)c(C)c3)=C(N3CCCC3)C2=O)CC1. The average molecular weight is 426 g/mol. The van der Waals surface area contributed by atoms with E-state index in [1.165, 1.54) is 4.90 Å². The molecule has 0 aliphatic carbocycles. The number of nitrogens with zero attached hydrogens (tertiary/aromatic N) is 3. The van der Waals surface area contributed by atoms with Crippen LogP contribution in [0, 0.1) is 13.8 Å². The van der Waals surface area contributed by atoms with Gasteiger partial charge in [-0.1, -0.05) is 18.2 Å². The summed E-state index contributed by atoms with van der Waals surface area (Å²) in [5.41, 5.74) is 4.16. The normalized spacial score (nSPS) is 20.3. The molecule has 0 atom stereocenters. The summed E-state index contributed by atoms with van der Waals surface area (Å²) < 4.78 is 5.09. The predicted molar refractivity (Wildman–Crippen MR) is 117 cm³/mol. The van der Waals surface area contributed by atoms with Gasteiger partial charge in [-0.3, -0.25) is 14.5 Å². The van der Waals surface area contributed by atoms with Gasteiger partial charge in [0.25, 0.3) is 11.8 Å². The zero-order valence-corrected chi connectivity index (χ0v) is 18.6. The fraction of sp³-hybridized carbons (Fsp3) is 0.542. The van der Waals surface area contributed by atoms with Crippen molar-refractivity contribution in [3.05, 3.63) is 40.6 Å². The summed E-state index contributed by atoms with van der Waals surface area (Å²) in [7, 11) is 0. The van der Waals surface area contributed by atoms with Gasteiger partial charge in [-0.25, -0.2) is 4.79 Å². The summed E-state index contributed by atoms with van der Waals surface area (Å²) >= 11 is 0. The van der Waals surface area contributed by atoms with Gasteiger partial charge in [-0.2, -0.15) is 0 Å². The van der Waals surface area contributed by atoms with Gasteiger partial charge in [0.1, 0.15) is 5.70 Å². The first kappa shape index (κ1) is 21.4. The minimum atomic E-state index is -0.327. The standard InChI is InChI=1S/C24H31N3O4/c1-4-31-24(30)26-13-9-19(10-14-26)27-22(28)20(18-8-7-16(2)17(3)15-18)21(23(27)29)25-11-5-6-12-25/h7-8,15,19H,4-6,9-14H2,1-3H3. The van der Waals surface area contributed by atoms with Crippen molar-refractivity contribution in [1.82, 2.24) is 14.7 Å². The van der Waals surface area contributed by atoms with E-state index in [-0.39, 0.29) is 23.9 Å². The molecular weight excluding hydrogens is 394 g/mol. The van der Waals surface area contributed by atoms with Crippen LogP contribution >= 0.6 is 0 Å². The molecule has 31 heavy (non-hydrogen) atoms. The van der Waals surface area contributed by atoms with E-state index >= 15 is 0 Å². The van der Waals surface area contributed by atoms with Crippen molar-refractivity contribution >= 4 is 23.5 Å². The van der Waals surface area contributed by atoms with Crippen LogP contribution < -0.4 is 0 Å². The average Bonchev–Trinajstić information content (AvgIpc) is 3.36. The lowest BCUT2D eigenvalue weighted by molar-refractivity contribution is -0.141. The number of aryl methyl sites for hydroxylation is 2. The zero-order chi connectivity index (χ0) is 22.1. The Balaban J connectivity index is 1.61. The summed E-state index contributed by atoms with van der Waals surface area (Å²) in [5, 5.41) is 0. The van der Waals surface area contributed by atoms with Crippen LogP contribution in [0.1, 0.15) is 49.3 Å². The molecule has 7 heteroatoms. The van der Waals surface area contributed by atoms with Gasteiger partial charge in [0.05, 0.1) is 12.2 Å². The molecule has 0 saturated carbocycles. The topological polar surface area (TPSA) is 70.2 Å². The minimum Gasteiger partial charge on any atom is -0.450 e. The molecule has 1 aromatic rings. The Labute approximate surface area is 183 Å². The van der Waals surface area contributed by atoms with Crippen LogP contribution in [0.3, 0.4) is 0 Å². The molecule has 4 rings (SSSR count). The van der Waals surface area contributed by atoms with E-state index in [1.807, 2.05) is 32.0 Å². The van der Waals surface area contributed by atoms with Crippen LogP contribution in [0.2, 0.25) is 0 Å². The summed E-state index contributed by atoms with van der Waals surface area (Å²) in [6, 6.07) is 5.77. The van der Waals surface area contributed by atoms with E-state index in [0.29, 0.717) is 43.8 Å². The Morgan fingerprint density at radius 2 is 1.68 bits per heavy atom. The maximum absolute atomic E-state index is 13.6. The Hall–Kier alpha value is -2.83. The van der Waals surface area contributed by atoms with Crippen molar-refractivity contribution in [2.45, 2.75) is 52.5 Å². The van der Waals surface area contributed by atoms with Crippen LogP contribution in [0.4, 0.5) is 4.79 Å². The van der Waals surface area contributed by atoms with Crippen LogP contribution in [-0.4, -0.2) is 71.4 Å². The van der Waals surface area contributed by atoms with Gasteiger partial charge in [-0.15, -0.1) is 0 Å². The van der Waals surface area contributed by atoms with Gasteiger partial charge in [0.2, 0.25) is 0 Å². The van der Waals surface area contributed by atoms with Gasteiger partial charge in [0.15, 0.2) is 0 Å². The fourth-order valence-electron chi connectivity index (χ4n) is 4.78. The molecule has 0 N–H and O–H groups in total. The van der Waals surface area contributed by atoms with Crippen LogP contribution in [0.15, 0.2) is 23.9 Å². The third kappa shape index (κ3) is 3.93. The van der Waals surface area contributed by atoms with Gasteiger partial charge in [0, 0.05) is 32.2 Å². The maximum atomic E-state index is 13.6. The van der Waals surface area contributed by atoms with E-state index in [9.17, 15) is 14.4 Å². The number of hydrogen-bond acceptors (Lipinski definition) is 5. The van der Waals surface area contributed by atoms with E-state index in [1.54, 1.807) is 11.8 Å². The molecule has 166 valence electrons. The summed E-state index contributed by atoms with van der Waals surface area (Å²) in [4.78, 5) is 44.4. The molecule has 7 nitrogen and oxygen atoms in total. The Morgan fingerprint density at radius 3 is 2.29 bits per heavy atom. The van der Waals surface area contributed by atoms with Crippen molar-refractivity contribution in [3.8, 4) is 0 Å². The molecule has 2 saturated heterocycles. The van der Waals surface area contributed by atoms with E-state index in [4.69, 9.17) is 4.74 Å². The molecule has 2 fully saturated rings. The highest BCUT2D eigenvalue weighted by atomic mass is 16.6. The Kier molecular flexibility index (Phi) is 6.03. The number of benzene rings is 1. The number of hydrogen-bond donors (Lipinski definition) is 0. The fourth-order valence-corrected chi connectivity index (χ4v) is 4.78. The number of piperidine rings is 1. The van der Waals surface area contributed by atoms with E-state index in [2.05, 4.69) is 4.90 Å². The van der Waals surface area contributed by atoms with Crippen molar-refractivity contribution in [2.75, 3.05) is 32.8 Å². The number of rotatable bonds is 4. The lowest BCUT2D eigenvalue weighted by Crippen LogP contribution is -2.49. The molecule has 3 aliphatic heterocycles. The molecule has 0 spiro atoms. The van der Waals surface area contributed by atoms with Crippen molar-refractivity contribution < 1.29 is 19.1 Å². The molecule has 0 radical (unpaired) electrons. The number of amides is 3. The van der Waals surface area contributed by atoms with Gasteiger partial charge in [-0.05, 0) is 63.1 Å². The number of imide groups is 1. The summed E-state index contributed by atoms with van der Waals surface area (Å²) in [5.74, 6) is -0.389.